The van der Waals surface area contributed by atoms with E-state index < -0.39 is 0 Å². The van der Waals surface area contributed by atoms with Crippen molar-refractivity contribution >= 4 is 32.3 Å². The molecule has 3 aromatic carbocycles. The molecule has 3 rings (SSSR count). The SMILES string of the molecule is C=C(c1cccc(Br)c1)c1c(O)ccc2ccccc12. The first-order valence-electron chi connectivity index (χ1n) is 6.33. The van der Waals surface area contributed by atoms with Crippen molar-refractivity contribution in [2.24, 2.45) is 0 Å². The Hall–Kier alpha value is -2.06. The maximum absolute atomic E-state index is 10.2. The number of hydrogen-bond acceptors (Lipinski definition) is 1. The zero-order valence-corrected chi connectivity index (χ0v) is 12.4. The highest BCUT2D eigenvalue weighted by molar-refractivity contribution is 9.10. The predicted octanol–water partition coefficient (Wildman–Crippen LogP) is 5.37. The fourth-order valence-electron chi connectivity index (χ4n) is 2.40. The highest BCUT2D eigenvalue weighted by Crippen LogP contribution is 2.35. The highest BCUT2D eigenvalue weighted by Gasteiger charge is 2.12. The summed E-state index contributed by atoms with van der Waals surface area (Å²) < 4.78 is 0.996. The van der Waals surface area contributed by atoms with E-state index in [1.807, 2.05) is 54.6 Å². The molecule has 98 valence electrons. The van der Waals surface area contributed by atoms with Crippen LogP contribution in [0.2, 0.25) is 0 Å². The number of phenolic OH excluding ortho intramolecular Hbond substituents is 1. The third kappa shape index (κ3) is 2.23. The van der Waals surface area contributed by atoms with E-state index in [9.17, 15) is 5.11 Å². The number of halogens is 1. The molecule has 0 fully saturated rings. The minimum atomic E-state index is 0.258. The molecule has 1 nitrogen and oxygen atoms in total. The first kappa shape index (κ1) is 12.9. The van der Waals surface area contributed by atoms with E-state index >= 15 is 0 Å². The number of benzene rings is 3. The summed E-state index contributed by atoms with van der Waals surface area (Å²) in [4.78, 5) is 0. The third-order valence-electron chi connectivity index (χ3n) is 3.38. The summed E-state index contributed by atoms with van der Waals surface area (Å²) in [5.41, 5.74) is 2.60. The van der Waals surface area contributed by atoms with Crippen LogP contribution in [0.5, 0.6) is 5.75 Å². The van der Waals surface area contributed by atoms with Crippen molar-refractivity contribution in [2.75, 3.05) is 0 Å². The number of hydrogen-bond donors (Lipinski definition) is 1. The van der Waals surface area contributed by atoms with E-state index in [-0.39, 0.29) is 5.75 Å². The topological polar surface area (TPSA) is 20.2 Å². The second-order valence-corrected chi connectivity index (χ2v) is 5.59. The maximum atomic E-state index is 10.2. The van der Waals surface area contributed by atoms with Gasteiger partial charge in [-0.2, -0.15) is 0 Å². The summed E-state index contributed by atoms with van der Waals surface area (Å²) in [6, 6.07) is 19.6. The van der Waals surface area contributed by atoms with Crippen LogP contribution in [0, 0.1) is 0 Å². The van der Waals surface area contributed by atoms with Gasteiger partial charge in [0.2, 0.25) is 0 Å². The average molecular weight is 325 g/mol. The van der Waals surface area contributed by atoms with Crippen LogP contribution in [0.1, 0.15) is 11.1 Å². The van der Waals surface area contributed by atoms with Gasteiger partial charge >= 0.3 is 0 Å². The molecule has 0 spiro atoms. The second kappa shape index (κ2) is 5.14. The summed E-state index contributed by atoms with van der Waals surface area (Å²) in [5, 5.41) is 12.3. The molecule has 0 aliphatic carbocycles. The van der Waals surface area contributed by atoms with Crippen LogP contribution in [0.3, 0.4) is 0 Å². The zero-order valence-electron chi connectivity index (χ0n) is 10.8. The average Bonchev–Trinajstić information content (AvgIpc) is 2.46. The van der Waals surface area contributed by atoms with E-state index in [1.54, 1.807) is 6.07 Å². The lowest BCUT2D eigenvalue weighted by molar-refractivity contribution is 0.474. The van der Waals surface area contributed by atoms with Gasteiger partial charge in [0.1, 0.15) is 5.75 Å². The van der Waals surface area contributed by atoms with Crippen molar-refractivity contribution in [3.05, 3.63) is 82.8 Å². The number of aromatic hydroxyl groups is 1. The lowest BCUT2D eigenvalue weighted by Crippen LogP contribution is -1.89. The highest BCUT2D eigenvalue weighted by atomic mass is 79.9. The predicted molar refractivity (Wildman–Crippen MR) is 87.9 cm³/mol. The van der Waals surface area contributed by atoms with Gasteiger partial charge in [0, 0.05) is 10.0 Å². The van der Waals surface area contributed by atoms with Gasteiger partial charge < -0.3 is 5.11 Å². The van der Waals surface area contributed by atoms with Gasteiger partial charge in [0.25, 0.3) is 0 Å². The normalized spacial score (nSPS) is 10.7. The van der Waals surface area contributed by atoms with Crippen LogP contribution in [0.25, 0.3) is 16.3 Å². The molecule has 0 atom stereocenters. The molecule has 0 heterocycles. The van der Waals surface area contributed by atoms with E-state index in [1.165, 1.54) is 0 Å². The van der Waals surface area contributed by atoms with Crippen molar-refractivity contribution in [1.29, 1.82) is 0 Å². The largest absolute Gasteiger partial charge is 0.507 e. The van der Waals surface area contributed by atoms with Crippen LogP contribution < -0.4 is 0 Å². The third-order valence-corrected chi connectivity index (χ3v) is 3.88. The van der Waals surface area contributed by atoms with E-state index in [0.717, 1.165) is 31.9 Å². The fourth-order valence-corrected chi connectivity index (χ4v) is 2.80. The molecule has 0 bridgehead atoms. The summed E-state index contributed by atoms with van der Waals surface area (Å²) >= 11 is 3.47. The Labute approximate surface area is 126 Å². The molecule has 3 aromatic rings. The molecule has 1 N–H and O–H groups in total. The van der Waals surface area contributed by atoms with Crippen LogP contribution in [-0.2, 0) is 0 Å². The van der Waals surface area contributed by atoms with Crippen LogP contribution >= 0.6 is 15.9 Å². The molecule has 0 aliphatic rings. The number of fused-ring (bicyclic) bond motifs is 1. The van der Waals surface area contributed by atoms with Crippen molar-refractivity contribution in [3.8, 4) is 5.75 Å². The van der Waals surface area contributed by atoms with Gasteiger partial charge in [-0.25, -0.2) is 0 Å². The van der Waals surface area contributed by atoms with Crippen LogP contribution in [0.4, 0.5) is 0 Å². The molecular formula is C18H13BrO. The molecule has 0 saturated heterocycles. The van der Waals surface area contributed by atoms with Crippen molar-refractivity contribution < 1.29 is 5.11 Å². The number of phenols is 1. The van der Waals surface area contributed by atoms with Gasteiger partial charge in [-0.3, -0.25) is 0 Å². The molecule has 0 radical (unpaired) electrons. The Bertz CT molecular complexity index is 805. The van der Waals surface area contributed by atoms with Gasteiger partial charge in [-0.15, -0.1) is 0 Å². The minimum Gasteiger partial charge on any atom is -0.507 e. The first-order chi connectivity index (χ1) is 9.66. The van der Waals surface area contributed by atoms with Crippen LogP contribution in [0.15, 0.2) is 71.7 Å². The maximum Gasteiger partial charge on any atom is 0.124 e. The van der Waals surface area contributed by atoms with Gasteiger partial charge in [-0.1, -0.05) is 65.0 Å². The van der Waals surface area contributed by atoms with Gasteiger partial charge in [0.15, 0.2) is 0 Å². The summed E-state index contributed by atoms with van der Waals surface area (Å²) in [6.07, 6.45) is 0. The number of rotatable bonds is 2. The zero-order chi connectivity index (χ0) is 14.1. The van der Waals surface area contributed by atoms with Crippen LogP contribution in [-0.4, -0.2) is 5.11 Å². The molecule has 0 aromatic heterocycles. The van der Waals surface area contributed by atoms with E-state index in [4.69, 9.17) is 0 Å². The van der Waals surface area contributed by atoms with Crippen molar-refractivity contribution in [2.45, 2.75) is 0 Å². The first-order valence-corrected chi connectivity index (χ1v) is 7.12. The summed E-state index contributed by atoms with van der Waals surface area (Å²) in [6.45, 7) is 4.17. The smallest absolute Gasteiger partial charge is 0.124 e. The molecule has 2 heteroatoms. The molecule has 0 aliphatic heterocycles. The lowest BCUT2D eigenvalue weighted by Gasteiger charge is -2.12. The monoisotopic (exact) mass is 324 g/mol. The molecular weight excluding hydrogens is 312 g/mol. The lowest BCUT2D eigenvalue weighted by atomic mass is 9.93. The Balaban J connectivity index is 2.24. The van der Waals surface area contributed by atoms with E-state index in [2.05, 4.69) is 22.5 Å². The van der Waals surface area contributed by atoms with Crippen molar-refractivity contribution in [3.63, 3.8) is 0 Å². The Kier molecular flexibility index (Phi) is 3.33. The van der Waals surface area contributed by atoms with Crippen molar-refractivity contribution in [1.82, 2.24) is 0 Å². The quantitative estimate of drug-likeness (QED) is 0.671. The molecule has 20 heavy (non-hydrogen) atoms. The Morgan fingerprint density at radius 1 is 0.950 bits per heavy atom. The standard InChI is InChI=1S/C18H13BrO/c1-12(14-6-4-7-15(19)11-14)18-16-8-3-2-5-13(16)9-10-17(18)20/h2-11,20H,1H2. The second-order valence-electron chi connectivity index (χ2n) is 4.67. The summed E-state index contributed by atoms with van der Waals surface area (Å²) in [5.74, 6) is 0.258. The van der Waals surface area contributed by atoms with E-state index in [0.29, 0.717) is 0 Å². The molecule has 0 unspecified atom stereocenters. The molecule has 0 amide bonds. The Morgan fingerprint density at radius 3 is 2.55 bits per heavy atom. The fraction of sp³-hybridized carbons (Fsp3) is 0. The molecule has 0 saturated carbocycles. The minimum absolute atomic E-state index is 0.258. The van der Waals surface area contributed by atoms with Gasteiger partial charge in [-0.05, 0) is 40.1 Å². The Morgan fingerprint density at radius 2 is 1.75 bits per heavy atom. The summed E-state index contributed by atoms with van der Waals surface area (Å²) in [7, 11) is 0. The van der Waals surface area contributed by atoms with Gasteiger partial charge in [0.05, 0.1) is 0 Å².